The molecule has 0 aromatic heterocycles. The highest BCUT2D eigenvalue weighted by molar-refractivity contribution is 5.29. The van der Waals surface area contributed by atoms with E-state index < -0.39 is 6.61 Å². The summed E-state index contributed by atoms with van der Waals surface area (Å²) in [6, 6.07) is 6.90. The van der Waals surface area contributed by atoms with Gasteiger partial charge in [-0.2, -0.15) is 8.78 Å². The Labute approximate surface area is 100 Å². The number of ether oxygens (including phenoxy) is 1. The van der Waals surface area contributed by atoms with E-state index in [1.807, 2.05) is 13.1 Å². The van der Waals surface area contributed by atoms with Gasteiger partial charge in [-0.3, -0.25) is 0 Å². The third-order valence-electron chi connectivity index (χ3n) is 2.52. The molecule has 1 N–H and O–H groups in total. The highest BCUT2D eigenvalue weighted by atomic mass is 19.3. The summed E-state index contributed by atoms with van der Waals surface area (Å²) >= 11 is 0. The Balaban J connectivity index is 2.67. The fraction of sp³-hybridized carbons (Fsp3) is 0.385. The largest absolute Gasteiger partial charge is 0.435 e. The minimum Gasteiger partial charge on any atom is -0.435 e. The van der Waals surface area contributed by atoms with Gasteiger partial charge in [-0.05, 0) is 37.6 Å². The van der Waals surface area contributed by atoms with Gasteiger partial charge in [-0.15, -0.1) is 6.58 Å². The molecule has 0 aliphatic rings. The Bertz CT molecular complexity index is 338. The lowest BCUT2D eigenvalue weighted by Crippen LogP contribution is -2.16. The first-order valence-electron chi connectivity index (χ1n) is 5.50. The average molecular weight is 241 g/mol. The maximum atomic E-state index is 12.0. The normalized spacial score (nSPS) is 12.5. The Morgan fingerprint density at radius 1 is 1.35 bits per heavy atom. The molecule has 17 heavy (non-hydrogen) atoms. The molecule has 94 valence electrons. The first-order valence-corrected chi connectivity index (χ1v) is 5.50. The molecule has 0 bridgehead atoms. The number of hydrogen-bond donors (Lipinski definition) is 1. The van der Waals surface area contributed by atoms with Crippen molar-refractivity contribution < 1.29 is 13.5 Å². The molecular weight excluding hydrogens is 224 g/mol. The maximum Gasteiger partial charge on any atom is 0.387 e. The van der Waals surface area contributed by atoms with Crippen molar-refractivity contribution in [1.29, 1.82) is 0 Å². The maximum absolute atomic E-state index is 12.0. The van der Waals surface area contributed by atoms with Crippen molar-refractivity contribution in [1.82, 2.24) is 5.32 Å². The minimum absolute atomic E-state index is 0.183. The predicted molar refractivity (Wildman–Crippen MR) is 64.3 cm³/mol. The van der Waals surface area contributed by atoms with Crippen LogP contribution in [0, 0.1) is 0 Å². The van der Waals surface area contributed by atoms with Crippen molar-refractivity contribution in [3.8, 4) is 5.75 Å². The minimum atomic E-state index is -2.78. The predicted octanol–water partition coefficient (Wildman–Crippen LogP) is 3.51. The second-order valence-electron chi connectivity index (χ2n) is 3.65. The SMILES string of the molecule is C=CCCC(NC)c1ccc(OC(F)F)cc1. The molecule has 0 aliphatic carbocycles. The molecule has 0 radical (unpaired) electrons. The van der Waals surface area contributed by atoms with Crippen LogP contribution in [0.1, 0.15) is 24.4 Å². The molecule has 4 heteroatoms. The van der Waals surface area contributed by atoms with E-state index in [1.54, 1.807) is 24.3 Å². The van der Waals surface area contributed by atoms with E-state index in [1.165, 1.54) is 0 Å². The fourth-order valence-electron chi connectivity index (χ4n) is 1.64. The zero-order valence-electron chi connectivity index (χ0n) is 9.83. The van der Waals surface area contributed by atoms with Crippen LogP contribution in [0.2, 0.25) is 0 Å². The van der Waals surface area contributed by atoms with Gasteiger partial charge in [0.15, 0.2) is 0 Å². The standard InChI is InChI=1S/C13H17F2NO/c1-3-4-5-12(16-2)10-6-8-11(9-7-10)17-13(14)15/h3,6-9,12-13,16H,1,4-5H2,2H3. The fourth-order valence-corrected chi connectivity index (χ4v) is 1.64. The van der Waals surface area contributed by atoms with Crippen LogP contribution in [0.4, 0.5) is 8.78 Å². The number of hydrogen-bond acceptors (Lipinski definition) is 2. The van der Waals surface area contributed by atoms with Gasteiger partial charge in [-0.25, -0.2) is 0 Å². The molecule has 0 aliphatic heterocycles. The van der Waals surface area contributed by atoms with Crippen LogP contribution in [0.3, 0.4) is 0 Å². The van der Waals surface area contributed by atoms with E-state index in [2.05, 4.69) is 16.6 Å². The lowest BCUT2D eigenvalue weighted by Gasteiger charge is -2.16. The molecule has 1 atom stereocenters. The zero-order chi connectivity index (χ0) is 12.7. The summed E-state index contributed by atoms with van der Waals surface area (Å²) < 4.78 is 28.2. The van der Waals surface area contributed by atoms with Crippen LogP contribution in [-0.4, -0.2) is 13.7 Å². The third kappa shape index (κ3) is 4.53. The van der Waals surface area contributed by atoms with Gasteiger partial charge in [0.05, 0.1) is 0 Å². The van der Waals surface area contributed by atoms with Gasteiger partial charge in [0.1, 0.15) is 5.75 Å². The second-order valence-corrected chi connectivity index (χ2v) is 3.65. The monoisotopic (exact) mass is 241 g/mol. The number of rotatable bonds is 7. The van der Waals surface area contributed by atoms with E-state index in [-0.39, 0.29) is 11.8 Å². The topological polar surface area (TPSA) is 21.3 Å². The van der Waals surface area contributed by atoms with Crippen molar-refractivity contribution in [3.63, 3.8) is 0 Å². The van der Waals surface area contributed by atoms with Gasteiger partial charge in [0.2, 0.25) is 0 Å². The lowest BCUT2D eigenvalue weighted by molar-refractivity contribution is -0.0498. The average Bonchev–Trinajstić information content (AvgIpc) is 2.31. The molecule has 0 fully saturated rings. The quantitative estimate of drug-likeness (QED) is 0.737. The molecule has 0 spiro atoms. The Morgan fingerprint density at radius 2 is 2.00 bits per heavy atom. The second kappa shape index (κ2) is 7.01. The van der Waals surface area contributed by atoms with Crippen LogP contribution in [0.5, 0.6) is 5.75 Å². The van der Waals surface area contributed by atoms with E-state index in [9.17, 15) is 8.78 Å². The van der Waals surface area contributed by atoms with Crippen LogP contribution < -0.4 is 10.1 Å². The third-order valence-corrected chi connectivity index (χ3v) is 2.52. The Kier molecular flexibility index (Phi) is 5.63. The summed E-state index contributed by atoms with van der Waals surface area (Å²) in [5.74, 6) is 0.183. The van der Waals surface area contributed by atoms with Crippen molar-refractivity contribution in [2.45, 2.75) is 25.5 Å². The van der Waals surface area contributed by atoms with Gasteiger partial charge in [0.25, 0.3) is 0 Å². The van der Waals surface area contributed by atoms with E-state index in [4.69, 9.17) is 0 Å². The van der Waals surface area contributed by atoms with Crippen LogP contribution in [0.15, 0.2) is 36.9 Å². The molecule has 0 saturated heterocycles. The summed E-state index contributed by atoms with van der Waals surface area (Å²) in [5.41, 5.74) is 1.05. The van der Waals surface area contributed by atoms with Crippen LogP contribution >= 0.6 is 0 Å². The van der Waals surface area contributed by atoms with Gasteiger partial charge >= 0.3 is 6.61 Å². The van der Waals surface area contributed by atoms with Crippen molar-refractivity contribution in [2.24, 2.45) is 0 Å². The number of allylic oxidation sites excluding steroid dienone is 1. The summed E-state index contributed by atoms with van der Waals surface area (Å²) in [6.07, 6.45) is 3.69. The first kappa shape index (κ1) is 13.6. The van der Waals surface area contributed by atoms with Gasteiger partial charge < -0.3 is 10.1 Å². The zero-order valence-corrected chi connectivity index (χ0v) is 9.83. The number of nitrogens with one attached hydrogen (secondary N) is 1. The Morgan fingerprint density at radius 3 is 2.47 bits per heavy atom. The number of alkyl halides is 2. The molecule has 1 unspecified atom stereocenters. The summed E-state index contributed by atoms with van der Waals surface area (Å²) in [6.45, 7) is 0.900. The highest BCUT2D eigenvalue weighted by Crippen LogP contribution is 2.22. The van der Waals surface area contributed by atoms with Crippen molar-refractivity contribution in [3.05, 3.63) is 42.5 Å². The summed E-state index contributed by atoms with van der Waals surface area (Å²) in [4.78, 5) is 0. The van der Waals surface area contributed by atoms with E-state index in [0.29, 0.717) is 0 Å². The Hall–Kier alpha value is -1.42. The number of halogens is 2. The molecule has 0 heterocycles. The van der Waals surface area contributed by atoms with E-state index in [0.717, 1.165) is 18.4 Å². The summed E-state index contributed by atoms with van der Waals surface area (Å²) in [5, 5.41) is 3.18. The first-order chi connectivity index (χ1) is 8.17. The molecular formula is C13H17F2NO. The molecule has 1 rings (SSSR count). The van der Waals surface area contributed by atoms with Crippen molar-refractivity contribution >= 4 is 0 Å². The molecule has 0 amide bonds. The lowest BCUT2D eigenvalue weighted by atomic mass is 10.0. The van der Waals surface area contributed by atoms with Gasteiger partial charge in [0, 0.05) is 6.04 Å². The summed E-state index contributed by atoms with van der Waals surface area (Å²) in [7, 11) is 1.87. The highest BCUT2D eigenvalue weighted by Gasteiger charge is 2.09. The van der Waals surface area contributed by atoms with Crippen molar-refractivity contribution in [2.75, 3.05) is 7.05 Å². The molecule has 1 aromatic rings. The smallest absolute Gasteiger partial charge is 0.387 e. The molecule has 1 aromatic carbocycles. The molecule has 2 nitrogen and oxygen atoms in total. The number of benzene rings is 1. The van der Waals surface area contributed by atoms with Gasteiger partial charge in [-0.1, -0.05) is 18.2 Å². The van der Waals surface area contributed by atoms with E-state index >= 15 is 0 Å². The molecule has 0 saturated carbocycles. The van der Waals surface area contributed by atoms with Crippen LogP contribution in [-0.2, 0) is 0 Å². The van der Waals surface area contributed by atoms with Crippen LogP contribution in [0.25, 0.3) is 0 Å².